The predicted octanol–water partition coefficient (Wildman–Crippen LogP) is 1.76. The molecule has 0 saturated heterocycles. The second-order valence-corrected chi connectivity index (χ2v) is 6.04. The van der Waals surface area contributed by atoms with Crippen LogP contribution < -0.4 is 11.1 Å². The van der Waals surface area contributed by atoms with Gasteiger partial charge in [0.25, 0.3) is 5.91 Å². The minimum atomic E-state index is -0.445. The number of halogens is 1. The lowest BCUT2D eigenvalue weighted by Crippen LogP contribution is -2.32. The zero-order valence-electron chi connectivity index (χ0n) is 11.3. The molecule has 0 unspecified atom stereocenters. The van der Waals surface area contributed by atoms with Crippen LogP contribution in [0.5, 0.6) is 0 Å². The normalized spacial score (nSPS) is 15.2. The van der Waals surface area contributed by atoms with Crippen LogP contribution in [0.1, 0.15) is 28.8 Å². The number of benzene rings is 1. The van der Waals surface area contributed by atoms with Crippen LogP contribution in [0.25, 0.3) is 0 Å². The third kappa shape index (κ3) is 3.53. The summed E-state index contributed by atoms with van der Waals surface area (Å²) < 4.78 is 13.5. The van der Waals surface area contributed by atoms with E-state index in [1.165, 1.54) is 18.2 Å². The van der Waals surface area contributed by atoms with Crippen LogP contribution in [0.4, 0.5) is 4.39 Å². The third-order valence-corrected chi connectivity index (χ3v) is 4.78. The van der Waals surface area contributed by atoms with Gasteiger partial charge in [0.15, 0.2) is 0 Å². The van der Waals surface area contributed by atoms with Crippen LogP contribution in [0.3, 0.4) is 0 Å². The average Bonchev–Trinajstić information content (AvgIpc) is 3.24. The van der Waals surface area contributed by atoms with E-state index >= 15 is 0 Å². The van der Waals surface area contributed by atoms with Crippen molar-refractivity contribution in [3.63, 3.8) is 0 Å². The summed E-state index contributed by atoms with van der Waals surface area (Å²) in [5.41, 5.74) is 6.09. The van der Waals surface area contributed by atoms with Gasteiger partial charge in [0.05, 0.1) is 12.1 Å². The summed E-state index contributed by atoms with van der Waals surface area (Å²) in [4.78, 5) is 12.2. The van der Waals surface area contributed by atoms with Crippen molar-refractivity contribution in [1.82, 2.24) is 5.32 Å². The molecule has 0 aromatic heterocycles. The minimum Gasteiger partial charge on any atom is -0.351 e. The third-order valence-electron chi connectivity index (χ3n) is 3.36. The van der Waals surface area contributed by atoms with Gasteiger partial charge in [-0.05, 0) is 37.3 Å². The highest BCUT2D eigenvalue weighted by molar-refractivity contribution is 8.00. The van der Waals surface area contributed by atoms with Crippen molar-refractivity contribution in [2.75, 3.05) is 19.3 Å². The number of carbonyl (C=O) groups is 1. The summed E-state index contributed by atoms with van der Waals surface area (Å²) in [6, 6.07) is 4.02. The Morgan fingerprint density at radius 3 is 2.90 bits per heavy atom. The first-order valence-electron chi connectivity index (χ1n) is 6.42. The maximum Gasteiger partial charge on any atom is 0.252 e. The number of carbonyl (C=O) groups excluding carboxylic acids is 1. The van der Waals surface area contributed by atoms with Crippen molar-refractivity contribution < 1.29 is 9.18 Å². The number of amides is 1. The molecule has 5 heteroatoms. The fourth-order valence-electron chi connectivity index (χ4n) is 1.89. The lowest BCUT2D eigenvalue weighted by Gasteiger charge is -2.13. The second kappa shape index (κ2) is 6.29. The molecule has 0 spiro atoms. The summed E-state index contributed by atoms with van der Waals surface area (Å²) in [5.74, 6) is 4.76. The summed E-state index contributed by atoms with van der Waals surface area (Å²) in [7, 11) is 0. The van der Waals surface area contributed by atoms with Crippen LogP contribution in [0, 0.1) is 17.7 Å². The van der Waals surface area contributed by atoms with Crippen molar-refractivity contribution >= 4 is 17.7 Å². The van der Waals surface area contributed by atoms with Crippen molar-refractivity contribution in [2.45, 2.75) is 17.6 Å². The van der Waals surface area contributed by atoms with E-state index in [4.69, 9.17) is 5.73 Å². The molecule has 1 amide bonds. The molecular formula is C15H17FN2OS. The van der Waals surface area contributed by atoms with Crippen molar-refractivity contribution in [1.29, 1.82) is 0 Å². The summed E-state index contributed by atoms with van der Waals surface area (Å²) in [6.45, 7) is 0.807. The van der Waals surface area contributed by atoms with Gasteiger partial charge >= 0.3 is 0 Å². The molecule has 3 nitrogen and oxygen atoms in total. The van der Waals surface area contributed by atoms with Gasteiger partial charge in [0, 0.05) is 16.9 Å². The van der Waals surface area contributed by atoms with E-state index in [-0.39, 0.29) is 22.8 Å². The zero-order chi connectivity index (χ0) is 14.6. The number of hydrogen-bond donors (Lipinski definition) is 2. The van der Waals surface area contributed by atoms with E-state index < -0.39 is 5.82 Å². The van der Waals surface area contributed by atoms with E-state index in [1.807, 2.05) is 6.26 Å². The first kappa shape index (κ1) is 14.9. The standard InChI is InChI=1S/C15H17FN2OS/c1-20-15(6-7-15)10-18-14(19)13-9-12(16)5-4-11(13)3-2-8-17/h4-5,9H,6-8,10,17H2,1H3,(H,18,19). The molecule has 1 saturated carbocycles. The molecule has 1 fully saturated rings. The summed E-state index contributed by atoms with van der Waals surface area (Å²) in [6.07, 6.45) is 4.26. The molecule has 0 heterocycles. The van der Waals surface area contributed by atoms with E-state index in [0.29, 0.717) is 12.1 Å². The predicted molar refractivity (Wildman–Crippen MR) is 80.1 cm³/mol. The molecule has 1 aliphatic rings. The Bertz CT molecular complexity index is 573. The number of hydrogen-bond acceptors (Lipinski definition) is 3. The van der Waals surface area contributed by atoms with Crippen LogP contribution in [-0.2, 0) is 0 Å². The van der Waals surface area contributed by atoms with Crippen LogP contribution in [-0.4, -0.2) is 30.0 Å². The Morgan fingerprint density at radius 2 is 2.30 bits per heavy atom. The Balaban J connectivity index is 2.13. The first-order chi connectivity index (χ1) is 9.60. The molecule has 0 radical (unpaired) electrons. The molecule has 1 aromatic rings. The summed E-state index contributed by atoms with van der Waals surface area (Å²) >= 11 is 1.76. The van der Waals surface area contributed by atoms with Crippen molar-refractivity contribution in [3.8, 4) is 11.8 Å². The van der Waals surface area contributed by atoms with E-state index in [0.717, 1.165) is 12.8 Å². The highest BCUT2D eigenvalue weighted by atomic mass is 32.2. The van der Waals surface area contributed by atoms with Gasteiger partial charge in [-0.25, -0.2) is 4.39 Å². The monoisotopic (exact) mass is 292 g/mol. The Morgan fingerprint density at radius 1 is 1.55 bits per heavy atom. The maximum atomic E-state index is 13.3. The molecular weight excluding hydrogens is 275 g/mol. The molecule has 0 bridgehead atoms. The van der Waals surface area contributed by atoms with Gasteiger partial charge in [-0.2, -0.15) is 11.8 Å². The topological polar surface area (TPSA) is 55.1 Å². The largest absolute Gasteiger partial charge is 0.351 e. The molecule has 0 atom stereocenters. The van der Waals surface area contributed by atoms with Gasteiger partial charge < -0.3 is 11.1 Å². The van der Waals surface area contributed by atoms with Gasteiger partial charge in [0.1, 0.15) is 5.82 Å². The second-order valence-electron chi connectivity index (χ2n) is 4.77. The van der Waals surface area contributed by atoms with Crippen LogP contribution in [0.15, 0.2) is 18.2 Å². The maximum absolute atomic E-state index is 13.3. The highest BCUT2D eigenvalue weighted by Gasteiger charge is 2.42. The molecule has 106 valence electrons. The number of thioether (sulfide) groups is 1. The fourth-order valence-corrected chi connectivity index (χ4v) is 2.62. The van der Waals surface area contributed by atoms with E-state index in [2.05, 4.69) is 17.2 Å². The molecule has 20 heavy (non-hydrogen) atoms. The number of rotatable bonds is 4. The minimum absolute atomic E-state index is 0.173. The van der Waals surface area contributed by atoms with Gasteiger partial charge in [-0.15, -0.1) is 0 Å². The molecule has 0 aliphatic heterocycles. The lowest BCUT2D eigenvalue weighted by molar-refractivity contribution is 0.0952. The first-order valence-corrected chi connectivity index (χ1v) is 7.64. The van der Waals surface area contributed by atoms with Gasteiger partial charge in [0.2, 0.25) is 0 Å². The lowest BCUT2D eigenvalue weighted by atomic mass is 10.1. The molecule has 3 N–H and O–H groups in total. The highest BCUT2D eigenvalue weighted by Crippen LogP contribution is 2.46. The van der Waals surface area contributed by atoms with E-state index in [9.17, 15) is 9.18 Å². The zero-order valence-corrected chi connectivity index (χ0v) is 12.1. The molecule has 1 aromatic carbocycles. The Labute approximate surface area is 122 Å². The fraction of sp³-hybridized carbons (Fsp3) is 0.400. The van der Waals surface area contributed by atoms with Gasteiger partial charge in [-0.1, -0.05) is 11.8 Å². The smallest absolute Gasteiger partial charge is 0.252 e. The quantitative estimate of drug-likeness (QED) is 0.832. The SMILES string of the molecule is CSC1(CNC(=O)c2cc(F)ccc2C#CCN)CC1. The van der Waals surface area contributed by atoms with Crippen molar-refractivity contribution in [3.05, 3.63) is 35.1 Å². The Kier molecular flexibility index (Phi) is 4.69. The number of nitrogens with one attached hydrogen (secondary N) is 1. The molecule has 1 aliphatic carbocycles. The molecule has 2 rings (SSSR count). The van der Waals surface area contributed by atoms with E-state index in [1.54, 1.807) is 11.8 Å². The summed E-state index contributed by atoms with van der Waals surface area (Å²) in [5, 5.41) is 2.87. The van der Waals surface area contributed by atoms with Gasteiger partial charge in [-0.3, -0.25) is 4.79 Å². The van der Waals surface area contributed by atoms with Crippen LogP contribution >= 0.6 is 11.8 Å². The Hall–Kier alpha value is -1.51. The van der Waals surface area contributed by atoms with Crippen LogP contribution in [0.2, 0.25) is 0 Å². The van der Waals surface area contributed by atoms with Crippen molar-refractivity contribution in [2.24, 2.45) is 5.73 Å². The number of nitrogens with two attached hydrogens (primary N) is 1. The average molecular weight is 292 g/mol.